The lowest BCUT2D eigenvalue weighted by Gasteiger charge is -2.04. The van der Waals surface area contributed by atoms with E-state index in [1.54, 1.807) is 16.8 Å². The van der Waals surface area contributed by atoms with Crippen LogP contribution in [0.3, 0.4) is 0 Å². The molecule has 2 aromatic heterocycles. The number of hydrogen-bond donors (Lipinski definition) is 1. The summed E-state index contributed by atoms with van der Waals surface area (Å²) in [5, 5.41) is 5.95. The minimum atomic E-state index is -0.199. The smallest absolute Gasteiger partial charge is 0.262 e. The van der Waals surface area contributed by atoms with Gasteiger partial charge in [0, 0.05) is 10.8 Å². The first-order valence-electron chi connectivity index (χ1n) is 8.29. The van der Waals surface area contributed by atoms with Crippen LogP contribution in [-0.4, -0.2) is 25.5 Å². The van der Waals surface area contributed by atoms with Crippen LogP contribution in [0.5, 0.6) is 0 Å². The summed E-state index contributed by atoms with van der Waals surface area (Å²) in [6.45, 7) is 0. The number of thioether (sulfide) groups is 1. The molecule has 0 unspecified atom stereocenters. The number of fused-ring (bicyclic) bond motifs is 1. The number of nitrogens with zero attached hydrogens (tertiary/aromatic N) is 3. The highest BCUT2D eigenvalue weighted by Crippen LogP contribution is 2.19. The van der Waals surface area contributed by atoms with Gasteiger partial charge >= 0.3 is 0 Å². The number of hydrogen-bond acceptors (Lipinski definition) is 4. The summed E-state index contributed by atoms with van der Waals surface area (Å²) in [4.78, 5) is 19.7. The molecule has 0 spiro atoms. The SMILES string of the molecule is O=c1[nH]c(SCC=Cc2ccccc2)nc2c1cnn2-c1ccc(Cl)cc1. The van der Waals surface area contributed by atoms with E-state index in [9.17, 15) is 4.79 Å². The quantitative estimate of drug-likeness (QED) is 0.398. The zero-order chi connectivity index (χ0) is 18.6. The molecule has 0 fully saturated rings. The lowest BCUT2D eigenvalue weighted by molar-refractivity contribution is 0.873. The van der Waals surface area contributed by atoms with Gasteiger partial charge in [0.25, 0.3) is 5.56 Å². The molecule has 1 N–H and O–H groups in total. The lowest BCUT2D eigenvalue weighted by atomic mass is 10.2. The van der Waals surface area contributed by atoms with Crippen LogP contribution in [0, 0.1) is 0 Å². The minimum absolute atomic E-state index is 0.199. The predicted octanol–water partition coefficient (Wildman–Crippen LogP) is 4.57. The van der Waals surface area contributed by atoms with E-state index < -0.39 is 0 Å². The first-order valence-corrected chi connectivity index (χ1v) is 9.65. The maximum atomic E-state index is 12.4. The van der Waals surface area contributed by atoms with Crippen molar-refractivity contribution in [2.45, 2.75) is 5.16 Å². The molecule has 4 aromatic rings. The van der Waals surface area contributed by atoms with Gasteiger partial charge in [-0.15, -0.1) is 0 Å². The molecule has 5 nitrogen and oxygen atoms in total. The molecule has 2 aromatic carbocycles. The molecule has 0 amide bonds. The van der Waals surface area contributed by atoms with Crippen LogP contribution < -0.4 is 5.56 Å². The van der Waals surface area contributed by atoms with Crippen LogP contribution >= 0.6 is 23.4 Å². The number of aromatic nitrogens is 4. The van der Waals surface area contributed by atoms with Crippen molar-refractivity contribution >= 4 is 40.5 Å². The van der Waals surface area contributed by atoms with E-state index in [0.29, 0.717) is 27.0 Å². The van der Waals surface area contributed by atoms with Gasteiger partial charge in [0.1, 0.15) is 5.39 Å². The summed E-state index contributed by atoms with van der Waals surface area (Å²) in [5.74, 6) is 0.693. The van der Waals surface area contributed by atoms with Crippen molar-refractivity contribution in [1.82, 2.24) is 19.7 Å². The Morgan fingerprint density at radius 3 is 2.67 bits per heavy atom. The van der Waals surface area contributed by atoms with E-state index in [1.807, 2.05) is 54.6 Å². The summed E-state index contributed by atoms with van der Waals surface area (Å²) < 4.78 is 1.64. The highest BCUT2D eigenvalue weighted by atomic mass is 35.5. The van der Waals surface area contributed by atoms with Gasteiger partial charge in [0.2, 0.25) is 0 Å². The summed E-state index contributed by atoms with van der Waals surface area (Å²) in [7, 11) is 0. The maximum Gasteiger partial charge on any atom is 0.262 e. The Morgan fingerprint density at radius 2 is 1.89 bits per heavy atom. The normalized spacial score (nSPS) is 11.4. The number of benzene rings is 2. The van der Waals surface area contributed by atoms with Crippen molar-refractivity contribution in [3.63, 3.8) is 0 Å². The molecule has 0 aliphatic carbocycles. The fraction of sp³-hybridized carbons (Fsp3) is 0.0500. The van der Waals surface area contributed by atoms with Crippen molar-refractivity contribution < 1.29 is 0 Å². The summed E-state index contributed by atoms with van der Waals surface area (Å²) >= 11 is 7.41. The van der Waals surface area contributed by atoms with Crippen molar-refractivity contribution in [1.29, 1.82) is 0 Å². The average Bonchev–Trinajstić information content (AvgIpc) is 3.11. The van der Waals surface area contributed by atoms with Crippen LogP contribution in [-0.2, 0) is 0 Å². The first-order chi connectivity index (χ1) is 13.2. The van der Waals surface area contributed by atoms with Crippen molar-refractivity contribution in [2.24, 2.45) is 0 Å². The van der Waals surface area contributed by atoms with Crippen LogP contribution in [0.15, 0.2) is 76.8 Å². The second-order valence-corrected chi connectivity index (χ2v) is 7.21. The van der Waals surface area contributed by atoms with Gasteiger partial charge in [0.05, 0.1) is 11.9 Å². The van der Waals surface area contributed by atoms with Gasteiger partial charge in [-0.1, -0.05) is 65.8 Å². The average molecular weight is 395 g/mol. The number of rotatable bonds is 5. The Kier molecular flexibility index (Phi) is 5.09. The van der Waals surface area contributed by atoms with E-state index in [-0.39, 0.29) is 5.56 Å². The second-order valence-electron chi connectivity index (χ2n) is 5.77. The zero-order valence-corrected chi connectivity index (χ0v) is 15.7. The molecule has 7 heteroatoms. The monoisotopic (exact) mass is 394 g/mol. The van der Waals surface area contributed by atoms with Gasteiger partial charge < -0.3 is 4.98 Å². The Labute approximate surface area is 164 Å². The molecule has 0 aliphatic rings. The van der Waals surface area contributed by atoms with E-state index in [2.05, 4.69) is 15.1 Å². The molecule has 4 rings (SSSR count). The number of aromatic amines is 1. The molecule has 134 valence electrons. The fourth-order valence-corrected chi connectivity index (χ4v) is 3.41. The first kappa shape index (κ1) is 17.6. The van der Waals surface area contributed by atoms with Gasteiger partial charge in [-0.2, -0.15) is 5.10 Å². The van der Waals surface area contributed by atoms with Gasteiger partial charge in [0.15, 0.2) is 10.8 Å². The molecule has 27 heavy (non-hydrogen) atoms. The molecule has 0 aliphatic heterocycles. The number of halogens is 1. The van der Waals surface area contributed by atoms with Crippen LogP contribution in [0.2, 0.25) is 5.02 Å². The fourth-order valence-electron chi connectivity index (χ4n) is 2.61. The van der Waals surface area contributed by atoms with Gasteiger partial charge in [-0.3, -0.25) is 4.79 Å². The predicted molar refractivity (Wildman–Crippen MR) is 111 cm³/mol. The standard InChI is InChI=1S/C20H15ClN4OS/c21-15-8-10-16(11-9-15)25-18-17(13-22-25)19(26)24-20(23-18)27-12-4-7-14-5-2-1-3-6-14/h1-11,13H,12H2,(H,23,24,26). The summed E-state index contributed by atoms with van der Waals surface area (Å²) in [6.07, 6.45) is 5.61. The molecular formula is C20H15ClN4OS. The van der Waals surface area contributed by atoms with Crippen LogP contribution in [0.25, 0.3) is 22.8 Å². The molecule has 0 bridgehead atoms. The third-order valence-corrected chi connectivity index (χ3v) is 4.99. The Bertz CT molecular complexity index is 1150. The second kappa shape index (κ2) is 7.82. The van der Waals surface area contributed by atoms with E-state index in [1.165, 1.54) is 18.0 Å². The summed E-state index contributed by atoms with van der Waals surface area (Å²) in [5.41, 5.74) is 2.26. The molecule has 0 atom stereocenters. The van der Waals surface area contributed by atoms with Crippen molar-refractivity contribution in [3.8, 4) is 5.69 Å². The van der Waals surface area contributed by atoms with Crippen LogP contribution in [0.4, 0.5) is 0 Å². The third kappa shape index (κ3) is 3.97. The highest BCUT2D eigenvalue weighted by molar-refractivity contribution is 7.99. The molecular weight excluding hydrogens is 380 g/mol. The lowest BCUT2D eigenvalue weighted by Crippen LogP contribution is -2.09. The van der Waals surface area contributed by atoms with Crippen LogP contribution in [0.1, 0.15) is 5.56 Å². The van der Waals surface area contributed by atoms with E-state index >= 15 is 0 Å². The van der Waals surface area contributed by atoms with Crippen molar-refractivity contribution in [3.05, 3.63) is 87.8 Å². The topological polar surface area (TPSA) is 63.6 Å². The number of H-pyrrole nitrogens is 1. The van der Waals surface area contributed by atoms with E-state index in [0.717, 1.165) is 11.3 Å². The molecule has 2 heterocycles. The molecule has 0 radical (unpaired) electrons. The van der Waals surface area contributed by atoms with Gasteiger partial charge in [-0.05, 0) is 29.8 Å². The van der Waals surface area contributed by atoms with Crippen molar-refractivity contribution in [2.75, 3.05) is 5.75 Å². The largest absolute Gasteiger partial charge is 0.301 e. The molecule has 0 saturated heterocycles. The Morgan fingerprint density at radius 1 is 1.11 bits per heavy atom. The summed E-state index contributed by atoms with van der Waals surface area (Å²) in [6, 6.07) is 17.3. The molecule has 0 saturated carbocycles. The van der Waals surface area contributed by atoms with E-state index in [4.69, 9.17) is 11.6 Å². The maximum absolute atomic E-state index is 12.4. The Hall–Kier alpha value is -2.83. The Balaban J connectivity index is 1.59. The third-order valence-electron chi connectivity index (χ3n) is 3.91. The minimum Gasteiger partial charge on any atom is -0.301 e. The van der Waals surface area contributed by atoms with Gasteiger partial charge in [-0.25, -0.2) is 9.67 Å². The highest BCUT2D eigenvalue weighted by Gasteiger charge is 2.11. The zero-order valence-electron chi connectivity index (χ0n) is 14.2. The number of nitrogens with one attached hydrogen (secondary N) is 1.